The predicted molar refractivity (Wildman–Crippen MR) is 69.2 cm³/mol. The van der Waals surface area contributed by atoms with Gasteiger partial charge in [0.05, 0.1) is 12.0 Å². The normalized spacial score (nSPS) is 11.0. The standard InChI is InChI=1S/C11H13ClN2O2S/c1-3-15-4-5-16-9-8-6-7(2)17-10(8)14-11(12)13-9/h6H,3-5H2,1-2H3. The van der Waals surface area contributed by atoms with Crippen LogP contribution in [-0.4, -0.2) is 29.8 Å². The molecule has 2 aromatic heterocycles. The van der Waals surface area contributed by atoms with E-state index >= 15 is 0 Å². The van der Waals surface area contributed by atoms with Crippen LogP contribution >= 0.6 is 22.9 Å². The summed E-state index contributed by atoms with van der Waals surface area (Å²) < 4.78 is 10.8. The van der Waals surface area contributed by atoms with Gasteiger partial charge in [0.2, 0.25) is 11.2 Å². The van der Waals surface area contributed by atoms with Gasteiger partial charge in [-0.2, -0.15) is 4.98 Å². The zero-order valence-corrected chi connectivity index (χ0v) is 11.3. The van der Waals surface area contributed by atoms with Gasteiger partial charge in [-0.05, 0) is 31.5 Å². The van der Waals surface area contributed by atoms with Crippen LogP contribution in [0.15, 0.2) is 6.07 Å². The van der Waals surface area contributed by atoms with Gasteiger partial charge >= 0.3 is 0 Å². The first-order chi connectivity index (χ1) is 8.20. The van der Waals surface area contributed by atoms with E-state index in [1.54, 1.807) is 11.3 Å². The number of ether oxygens (including phenoxy) is 2. The zero-order chi connectivity index (χ0) is 12.3. The Kier molecular flexibility index (Phi) is 4.15. The molecular formula is C11H13ClN2O2S. The van der Waals surface area contributed by atoms with E-state index in [0.717, 1.165) is 15.1 Å². The molecule has 0 radical (unpaired) electrons. The van der Waals surface area contributed by atoms with E-state index in [1.165, 1.54) is 0 Å². The van der Waals surface area contributed by atoms with E-state index in [-0.39, 0.29) is 5.28 Å². The summed E-state index contributed by atoms with van der Waals surface area (Å²) in [6.07, 6.45) is 0. The maximum absolute atomic E-state index is 5.85. The number of thiophene rings is 1. The largest absolute Gasteiger partial charge is 0.475 e. The van der Waals surface area contributed by atoms with Crippen LogP contribution in [0.25, 0.3) is 10.2 Å². The van der Waals surface area contributed by atoms with E-state index in [2.05, 4.69) is 9.97 Å². The van der Waals surface area contributed by atoms with Gasteiger partial charge in [0.15, 0.2) is 0 Å². The van der Waals surface area contributed by atoms with Crippen LogP contribution in [-0.2, 0) is 4.74 Å². The Hall–Kier alpha value is -0.910. The quantitative estimate of drug-likeness (QED) is 0.620. The molecule has 2 rings (SSSR count). The molecule has 0 N–H and O–H groups in total. The zero-order valence-electron chi connectivity index (χ0n) is 9.70. The van der Waals surface area contributed by atoms with E-state index in [0.29, 0.717) is 25.7 Å². The highest BCUT2D eigenvalue weighted by Gasteiger charge is 2.10. The van der Waals surface area contributed by atoms with Gasteiger partial charge in [0, 0.05) is 11.5 Å². The van der Waals surface area contributed by atoms with Crippen LogP contribution in [0.4, 0.5) is 0 Å². The highest BCUT2D eigenvalue weighted by molar-refractivity contribution is 7.18. The number of nitrogens with zero attached hydrogens (tertiary/aromatic N) is 2. The Balaban J connectivity index is 2.19. The third kappa shape index (κ3) is 3.06. The van der Waals surface area contributed by atoms with E-state index in [4.69, 9.17) is 21.1 Å². The van der Waals surface area contributed by atoms with Gasteiger partial charge < -0.3 is 9.47 Å². The van der Waals surface area contributed by atoms with Crippen molar-refractivity contribution < 1.29 is 9.47 Å². The molecule has 0 spiro atoms. The maximum Gasteiger partial charge on any atom is 0.227 e. The molecule has 17 heavy (non-hydrogen) atoms. The van der Waals surface area contributed by atoms with Crippen LogP contribution < -0.4 is 4.74 Å². The van der Waals surface area contributed by atoms with Gasteiger partial charge in [-0.1, -0.05) is 0 Å². The first-order valence-corrected chi connectivity index (χ1v) is 6.54. The fourth-order valence-electron chi connectivity index (χ4n) is 1.44. The molecule has 0 aliphatic rings. The lowest BCUT2D eigenvalue weighted by atomic mass is 10.3. The summed E-state index contributed by atoms with van der Waals surface area (Å²) >= 11 is 7.42. The number of rotatable bonds is 5. The molecule has 0 aliphatic heterocycles. The van der Waals surface area contributed by atoms with Crippen molar-refractivity contribution in [3.63, 3.8) is 0 Å². The molecule has 6 heteroatoms. The van der Waals surface area contributed by atoms with E-state index < -0.39 is 0 Å². The first-order valence-electron chi connectivity index (χ1n) is 5.35. The minimum Gasteiger partial charge on any atom is -0.475 e. The Morgan fingerprint density at radius 3 is 2.94 bits per heavy atom. The minimum atomic E-state index is 0.214. The Bertz CT molecular complexity index is 515. The molecule has 2 aromatic rings. The summed E-state index contributed by atoms with van der Waals surface area (Å²) in [6, 6.07) is 2.01. The fraction of sp³-hybridized carbons (Fsp3) is 0.455. The summed E-state index contributed by atoms with van der Waals surface area (Å²) in [7, 11) is 0. The molecule has 0 aliphatic carbocycles. The van der Waals surface area contributed by atoms with Gasteiger partial charge in [-0.3, -0.25) is 0 Å². The summed E-state index contributed by atoms with van der Waals surface area (Å²) in [6.45, 7) is 5.65. The number of hydrogen-bond donors (Lipinski definition) is 0. The highest BCUT2D eigenvalue weighted by atomic mass is 35.5. The van der Waals surface area contributed by atoms with Crippen LogP contribution in [0.1, 0.15) is 11.8 Å². The lowest BCUT2D eigenvalue weighted by molar-refractivity contribution is 0.109. The Morgan fingerprint density at radius 2 is 2.18 bits per heavy atom. The second-order valence-corrected chi connectivity index (χ2v) is 4.99. The topological polar surface area (TPSA) is 44.2 Å². The second kappa shape index (κ2) is 5.62. The highest BCUT2D eigenvalue weighted by Crippen LogP contribution is 2.30. The van der Waals surface area contributed by atoms with Gasteiger partial charge in [-0.15, -0.1) is 11.3 Å². The van der Waals surface area contributed by atoms with Crippen LogP contribution in [0.3, 0.4) is 0 Å². The van der Waals surface area contributed by atoms with Crippen LogP contribution in [0.5, 0.6) is 5.88 Å². The van der Waals surface area contributed by atoms with Crippen molar-refractivity contribution in [1.82, 2.24) is 9.97 Å². The average Bonchev–Trinajstić information content (AvgIpc) is 2.64. The van der Waals surface area contributed by atoms with Gasteiger partial charge in [0.25, 0.3) is 0 Å². The first kappa shape index (κ1) is 12.5. The minimum absolute atomic E-state index is 0.214. The molecule has 0 saturated carbocycles. The summed E-state index contributed by atoms with van der Waals surface area (Å²) in [5, 5.41) is 1.12. The third-order valence-corrected chi connectivity index (χ3v) is 3.24. The van der Waals surface area contributed by atoms with Gasteiger partial charge in [-0.25, -0.2) is 4.98 Å². The Labute approximate surface area is 109 Å². The molecule has 0 unspecified atom stereocenters. The SMILES string of the molecule is CCOCCOc1nc(Cl)nc2sc(C)cc12. The molecule has 0 atom stereocenters. The monoisotopic (exact) mass is 272 g/mol. The summed E-state index contributed by atoms with van der Waals surface area (Å²) in [5.74, 6) is 0.532. The molecule has 0 amide bonds. The van der Waals surface area contributed by atoms with Crippen molar-refractivity contribution in [3.8, 4) is 5.88 Å². The molecule has 0 saturated heterocycles. The molecular weight excluding hydrogens is 260 g/mol. The van der Waals surface area contributed by atoms with Gasteiger partial charge in [0.1, 0.15) is 11.4 Å². The fourth-order valence-corrected chi connectivity index (χ4v) is 2.52. The molecule has 0 fully saturated rings. The predicted octanol–water partition coefficient (Wildman–Crippen LogP) is 3.07. The average molecular weight is 273 g/mol. The number of fused-ring (bicyclic) bond motifs is 1. The van der Waals surface area contributed by atoms with E-state index in [9.17, 15) is 0 Å². The van der Waals surface area contributed by atoms with Crippen molar-refractivity contribution in [1.29, 1.82) is 0 Å². The Morgan fingerprint density at radius 1 is 1.35 bits per heavy atom. The molecule has 0 bridgehead atoms. The second-order valence-electron chi connectivity index (χ2n) is 3.42. The van der Waals surface area contributed by atoms with E-state index in [1.807, 2.05) is 19.9 Å². The number of aryl methyl sites for hydroxylation is 1. The number of aromatic nitrogens is 2. The maximum atomic E-state index is 5.85. The number of halogens is 1. The summed E-state index contributed by atoms with van der Waals surface area (Å²) in [5.41, 5.74) is 0. The molecule has 2 heterocycles. The van der Waals surface area contributed by atoms with Crippen molar-refractivity contribution in [2.24, 2.45) is 0 Å². The molecule has 0 aromatic carbocycles. The van der Waals surface area contributed by atoms with Crippen molar-refractivity contribution in [2.75, 3.05) is 19.8 Å². The molecule has 92 valence electrons. The van der Waals surface area contributed by atoms with Crippen LogP contribution in [0, 0.1) is 6.92 Å². The third-order valence-electron chi connectivity index (χ3n) is 2.12. The molecule has 4 nitrogen and oxygen atoms in total. The van der Waals surface area contributed by atoms with Crippen LogP contribution in [0.2, 0.25) is 5.28 Å². The number of hydrogen-bond acceptors (Lipinski definition) is 5. The van der Waals surface area contributed by atoms with Crippen molar-refractivity contribution in [3.05, 3.63) is 16.2 Å². The summed E-state index contributed by atoms with van der Waals surface area (Å²) in [4.78, 5) is 10.3. The lowest BCUT2D eigenvalue weighted by Gasteiger charge is -2.06. The smallest absolute Gasteiger partial charge is 0.227 e. The lowest BCUT2D eigenvalue weighted by Crippen LogP contribution is -2.07. The van der Waals surface area contributed by atoms with Crippen molar-refractivity contribution >= 4 is 33.2 Å². The van der Waals surface area contributed by atoms with Crippen molar-refractivity contribution in [2.45, 2.75) is 13.8 Å².